The Morgan fingerprint density at radius 2 is 2.07 bits per heavy atom. The predicted molar refractivity (Wildman–Crippen MR) is 56.4 cm³/mol. The Hall–Kier alpha value is -0.930. The number of nitrogens with zero attached hydrogens (tertiary/aromatic N) is 3. The molecule has 1 aliphatic rings. The van der Waals surface area contributed by atoms with Gasteiger partial charge < -0.3 is 4.90 Å². The molecule has 0 aromatic carbocycles. The first-order chi connectivity index (χ1) is 6.84. The van der Waals surface area contributed by atoms with Gasteiger partial charge in [-0.1, -0.05) is 6.07 Å². The SMILES string of the molecule is [CH2-]N1CCN(Cc2cccnc2)CC1. The molecule has 3 nitrogen and oxygen atoms in total. The van der Waals surface area contributed by atoms with Crippen LogP contribution in [0.5, 0.6) is 0 Å². The summed E-state index contributed by atoms with van der Waals surface area (Å²) >= 11 is 0. The Balaban J connectivity index is 1.87. The average molecular weight is 190 g/mol. The molecular weight excluding hydrogens is 174 g/mol. The van der Waals surface area contributed by atoms with Gasteiger partial charge in [-0.05, 0) is 24.7 Å². The molecule has 76 valence electrons. The maximum Gasteiger partial charge on any atom is 0.0312 e. The molecule has 3 heteroatoms. The van der Waals surface area contributed by atoms with E-state index in [9.17, 15) is 0 Å². The first kappa shape index (κ1) is 9.62. The first-order valence-electron chi connectivity index (χ1n) is 5.01. The third-order valence-electron chi connectivity index (χ3n) is 2.59. The lowest BCUT2D eigenvalue weighted by atomic mass is 10.2. The summed E-state index contributed by atoms with van der Waals surface area (Å²) in [6.45, 7) is 5.37. The highest BCUT2D eigenvalue weighted by molar-refractivity contribution is 5.08. The smallest absolute Gasteiger partial charge is 0.0312 e. The van der Waals surface area contributed by atoms with Gasteiger partial charge in [0.1, 0.15) is 0 Å². The van der Waals surface area contributed by atoms with E-state index in [1.54, 1.807) is 0 Å². The molecule has 1 saturated heterocycles. The summed E-state index contributed by atoms with van der Waals surface area (Å²) in [5.74, 6) is 0. The van der Waals surface area contributed by atoms with Crippen molar-refractivity contribution in [3.05, 3.63) is 37.1 Å². The molecule has 1 aliphatic heterocycles. The van der Waals surface area contributed by atoms with Crippen LogP contribution in [0.25, 0.3) is 0 Å². The molecule has 14 heavy (non-hydrogen) atoms. The van der Waals surface area contributed by atoms with Crippen LogP contribution in [0.2, 0.25) is 0 Å². The van der Waals surface area contributed by atoms with Crippen LogP contribution in [0.4, 0.5) is 0 Å². The van der Waals surface area contributed by atoms with Crippen LogP contribution in [0.15, 0.2) is 24.5 Å². The van der Waals surface area contributed by atoms with Gasteiger partial charge >= 0.3 is 0 Å². The van der Waals surface area contributed by atoms with Crippen molar-refractivity contribution in [2.75, 3.05) is 26.2 Å². The van der Waals surface area contributed by atoms with Crippen molar-refractivity contribution >= 4 is 0 Å². The largest absolute Gasteiger partial charge is 0.457 e. The molecule has 0 saturated carbocycles. The molecule has 1 aromatic rings. The van der Waals surface area contributed by atoms with Crippen LogP contribution in [-0.2, 0) is 6.54 Å². The van der Waals surface area contributed by atoms with Crippen LogP contribution < -0.4 is 0 Å². The summed E-state index contributed by atoms with van der Waals surface area (Å²) in [5, 5.41) is 0. The molecule has 0 radical (unpaired) electrons. The van der Waals surface area contributed by atoms with Crippen LogP contribution in [0, 0.1) is 7.05 Å². The van der Waals surface area contributed by atoms with Gasteiger partial charge in [0.25, 0.3) is 0 Å². The molecule has 0 N–H and O–H groups in total. The van der Waals surface area contributed by atoms with Crippen molar-refractivity contribution in [1.82, 2.24) is 14.8 Å². The Bertz CT molecular complexity index is 265. The average Bonchev–Trinajstić information content (AvgIpc) is 2.23. The third-order valence-corrected chi connectivity index (χ3v) is 2.59. The van der Waals surface area contributed by atoms with Crippen molar-refractivity contribution < 1.29 is 0 Å². The van der Waals surface area contributed by atoms with E-state index >= 15 is 0 Å². The lowest BCUT2D eigenvalue weighted by Gasteiger charge is -2.37. The minimum atomic E-state index is 1.02. The number of rotatable bonds is 2. The number of hydrogen-bond donors (Lipinski definition) is 0. The highest BCUT2D eigenvalue weighted by Crippen LogP contribution is 2.06. The zero-order valence-corrected chi connectivity index (χ0v) is 8.39. The van der Waals surface area contributed by atoms with E-state index in [2.05, 4.69) is 27.9 Å². The molecule has 1 fully saturated rings. The third kappa shape index (κ3) is 2.53. The molecule has 2 heterocycles. The monoisotopic (exact) mass is 190 g/mol. The van der Waals surface area contributed by atoms with Crippen LogP contribution in [0.3, 0.4) is 0 Å². The maximum absolute atomic E-state index is 4.12. The molecule has 2 rings (SSSR count). The second-order valence-corrected chi connectivity index (χ2v) is 3.76. The van der Waals surface area contributed by atoms with Crippen molar-refractivity contribution in [3.8, 4) is 0 Å². The van der Waals surface area contributed by atoms with Gasteiger partial charge in [-0.25, -0.2) is 0 Å². The molecule has 1 aromatic heterocycles. The van der Waals surface area contributed by atoms with Gasteiger partial charge in [0.2, 0.25) is 0 Å². The zero-order valence-electron chi connectivity index (χ0n) is 8.39. The van der Waals surface area contributed by atoms with E-state index in [1.165, 1.54) is 5.56 Å². The van der Waals surface area contributed by atoms with Gasteiger partial charge in [0, 0.05) is 32.0 Å². The topological polar surface area (TPSA) is 19.4 Å². The first-order valence-corrected chi connectivity index (χ1v) is 5.01. The van der Waals surface area contributed by atoms with E-state index in [0.717, 1.165) is 32.7 Å². The van der Waals surface area contributed by atoms with E-state index in [1.807, 2.05) is 18.5 Å². The fourth-order valence-corrected chi connectivity index (χ4v) is 1.70. The number of aromatic nitrogens is 1. The van der Waals surface area contributed by atoms with Crippen molar-refractivity contribution in [2.24, 2.45) is 0 Å². The summed E-state index contributed by atoms with van der Waals surface area (Å²) < 4.78 is 0. The van der Waals surface area contributed by atoms with E-state index < -0.39 is 0 Å². The number of pyridine rings is 1. The normalized spacial score (nSPS) is 19.8. The van der Waals surface area contributed by atoms with Crippen LogP contribution in [-0.4, -0.2) is 41.0 Å². The second kappa shape index (κ2) is 4.53. The quantitative estimate of drug-likeness (QED) is 0.648. The van der Waals surface area contributed by atoms with E-state index in [4.69, 9.17) is 0 Å². The van der Waals surface area contributed by atoms with Crippen molar-refractivity contribution in [3.63, 3.8) is 0 Å². The Kier molecular flexibility index (Phi) is 3.11. The predicted octanol–water partition coefficient (Wildman–Crippen LogP) is 0.991. The lowest BCUT2D eigenvalue weighted by molar-refractivity contribution is 0.160. The molecular formula is C11H16N3-. The standard InChI is InChI=1S/C11H16N3/c1-13-5-7-14(8-6-13)10-11-3-2-4-12-9-11/h2-4,9H,1,5-8,10H2/q-1. The summed E-state index contributed by atoms with van der Waals surface area (Å²) in [7, 11) is 3.93. The van der Waals surface area contributed by atoms with Crippen LogP contribution >= 0.6 is 0 Å². The Morgan fingerprint density at radius 1 is 1.29 bits per heavy atom. The molecule has 0 aliphatic carbocycles. The van der Waals surface area contributed by atoms with Crippen molar-refractivity contribution in [1.29, 1.82) is 0 Å². The molecule has 0 unspecified atom stereocenters. The second-order valence-electron chi connectivity index (χ2n) is 3.76. The van der Waals surface area contributed by atoms with Crippen molar-refractivity contribution in [2.45, 2.75) is 6.54 Å². The maximum atomic E-state index is 4.12. The van der Waals surface area contributed by atoms with Gasteiger partial charge in [-0.15, -0.1) is 0 Å². The highest BCUT2D eigenvalue weighted by Gasteiger charge is 2.10. The van der Waals surface area contributed by atoms with Gasteiger partial charge in [0.05, 0.1) is 0 Å². The van der Waals surface area contributed by atoms with Crippen LogP contribution in [0.1, 0.15) is 5.56 Å². The number of hydrogen-bond acceptors (Lipinski definition) is 3. The minimum absolute atomic E-state index is 1.02. The summed E-state index contributed by atoms with van der Waals surface area (Å²) in [4.78, 5) is 8.68. The fourth-order valence-electron chi connectivity index (χ4n) is 1.70. The summed E-state index contributed by atoms with van der Waals surface area (Å²) in [5.41, 5.74) is 1.30. The van der Waals surface area contributed by atoms with E-state index in [-0.39, 0.29) is 0 Å². The Morgan fingerprint density at radius 3 is 2.71 bits per heavy atom. The lowest BCUT2D eigenvalue weighted by Crippen LogP contribution is -2.43. The highest BCUT2D eigenvalue weighted by atomic mass is 15.2. The fraction of sp³-hybridized carbons (Fsp3) is 0.455. The summed E-state index contributed by atoms with van der Waals surface area (Å²) in [6.07, 6.45) is 3.76. The Labute approximate surface area is 85.4 Å². The zero-order chi connectivity index (χ0) is 9.80. The van der Waals surface area contributed by atoms with Gasteiger partial charge in [0.15, 0.2) is 0 Å². The minimum Gasteiger partial charge on any atom is -0.457 e. The molecule has 0 bridgehead atoms. The molecule has 0 atom stereocenters. The van der Waals surface area contributed by atoms with E-state index in [0.29, 0.717) is 0 Å². The van der Waals surface area contributed by atoms with Gasteiger partial charge in [-0.3, -0.25) is 16.9 Å². The molecule has 0 spiro atoms. The van der Waals surface area contributed by atoms with Gasteiger partial charge in [-0.2, -0.15) is 0 Å². The number of piperazine rings is 1. The molecule has 0 amide bonds. The summed E-state index contributed by atoms with van der Waals surface area (Å²) in [6, 6.07) is 4.12.